The van der Waals surface area contributed by atoms with E-state index in [1.165, 1.54) is 0 Å². The summed E-state index contributed by atoms with van der Waals surface area (Å²) in [4.78, 5) is 11.9. The molecule has 1 aromatic rings. The molecule has 3 N–H and O–H groups in total. The number of carbonyl (C=O) groups is 1. The Morgan fingerprint density at radius 3 is 2.37 bits per heavy atom. The molecule has 0 fully saturated rings. The molecule has 4 nitrogen and oxygen atoms in total. The van der Waals surface area contributed by atoms with E-state index < -0.39 is 6.04 Å². The number of amides is 1. The first-order valence-corrected chi connectivity index (χ1v) is 6.47. The molecule has 0 aromatic heterocycles. The van der Waals surface area contributed by atoms with Crippen molar-refractivity contribution >= 4 is 5.91 Å². The second-order valence-corrected chi connectivity index (χ2v) is 5.72. The van der Waals surface area contributed by atoms with Crippen LogP contribution in [0.15, 0.2) is 30.3 Å². The topological polar surface area (TPSA) is 64.3 Å². The zero-order valence-electron chi connectivity index (χ0n) is 12.1. The number of carbonyl (C=O) groups excluding carboxylic acids is 1. The van der Waals surface area contributed by atoms with Gasteiger partial charge < -0.3 is 15.8 Å². The van der Waals surface area contributed by atoms with Gasteiger partial charge in [-0.25, -0.2) is 0 Å². The molecule has 0 radical (unpaired) electrons. The first-order valence-electron chi connectivity index (χ1n) is 6.47. The summed E-state index contributed by atoms with van der Waals surface area (Å²) in [6, 6.07) is 9.27. The summed E-state index contributed by atoms with van der Waals surface area (Å²) in [6.07, 6.45) is -0.155. The molecule has 0 bridgehead atoms. The minimum absolute atomic E-state index is 0.148. The summed E-state index contributed by atoms with van der Waals surface area (Å²) in [7, 11) is 1.63. The average molecular weight is 264 g/mol. The zero-order valence-corrected chi connectivity index (χ0v) is 12.1. The molecular weight excluding hydrogens is 240 g/mol. The first kappa shape index (κ1) is 15.7. The number of benzene rings is 1. The Morgan fingerprint density at radius 2 is 1.89 bits per heavy atom. The monoisotopic (exact) mass is 264 g/mol. The van der Waals surface area contributed by atoms with E-state index >= 15 is 0 Å². The molecule has 0 spiro atoms. The number of methoxy groups -OCH3 is 1. The molecule has 1 rings (SSSR count). The van der Waals surface area contributed by atoms with Crippen LogP contribution in [0.4, 0.5) is 0 Å². The third-order valence-corrected chi connectivity index (χ3v) is 3.13. The van der Waals surface area contributed by atoms with E-state index in [1.807, 2.05) is 51.1 Å². The van der Waals surface area contributed by atoms with Crippen molar-refractivity contribution in [3.8, 4) is 0 Å². The van der Waals surface area contributed by atoms with Crippen LogP contribution in [-0.2, 0) is 9.53 Å². The average Bonchev–Trinajstić information content (AvgIpc) is 2.38. The SMILES string of the molecule is COC(CNC(=O)[C@@H](N)C(C)(C)C)c1ccccc1. The summed E-state index contributed by atoms with van der Waals surface area (Å²) in [6.45, 7) is 6.26. The lowest BCUT2D eigenvalue weighted by molar-refractivity contribution is -0.125. The summed E-state index contributed by atoms with van der Waals surface area (Å²) >= 11 is 0. The number of hydrogen-bond acceptors (Lipinski definition) is 3. The third-order valence-electron chi connectivity index (χ3n) is 3.13. The van der Waals surface area contributed by atoms with Crippen molar-refractivity contribution < 1.29 is 9.53 Å². The molecule has 0 saturated carbocycles. The standard InChI is InChI=1S/C15H24N2O2/c1-15(2,3)13(16)14(18)17-10-12(19-4)11-8-6-5-7-9-11/h5-9,12-13H,10,16H2,1-4H3,(H,17,18)/t12?,13-/m1/s1. The van der Waals surface area contributed by atoms with Gasteiger partial charge in [0, 0.05) is 13.7 Å². The molecule has 19 heavy (non-hydrogen) atoms. The highest BCUT2D eigenvalue weighted by Gasteiger charge is 2.27. The Kier molecular flexibility index (Phi) is 5.51. The fraction of sp³-hybridized carbons (Fsp3) is 0.533. The summed E-state index contributed by atoms with van der Waals surface area (Å²) in [5.74, 6) is -0.148. The molecule has 0 heterocycles. The molecule has 0 saturated heterocycles. The van der Waals surface area contributed by atoms with Crippen LogP contribution in [0.25, 0.3) is 0 Å². The van der Waals surface area contributed by atoms with Gasteiger partial charge in [0.1, 0.15) is 0 Å². The lowest BCUT2D eigenvalue weighted by atomic mass is 9.87. The van der Waals surface area contributed by atoms with E-state index in [2.05, 4.69) is 5.32 Å². The van der Waals surface area contributed by atoms with Gasteiger partial charge >= 0.3 is 0 Å². The largest absolute Gasteiger partial charge is 0.375 e. The fourth-order valence-electron chi connectivity index (χ4n) is 1.70. The smallest absolute Gasteiger partial charge is 0.237 e. The van der Waals surface area contributed by atoms with Gasteiger partial charge in [-0.3, -0.25) is 4.79 Å². The quantitative estimate of drug-likeness (QED) is 0.853. The van der Waals surface area contributed by atoms with Crippen molar-refractivity contribution in [2.24, 2.45) is 11.1 Å². The summed E-state index contributed by atoms with van der Waals surface area (Å²) in [5, 5.41) is 2.85. The Hall–Kier alpha value is -1.39. The lowest BCUT2D eigenvalue weighted by Crippen LogP contribution is -2.49. The number of nitrogens with two attached hydrogens (primary N) is 1. The van der Waals surface area contributed by atoms with Gasteiger partial charge in [-0.05, 0) is 11.0 Å². The highest BCUT2D eigenvalue weighted by atomic mass is 16.5. The van der Waals surface area contributed by atoms with Crippen molar-refractivity contribution in [2.45, 2.75) is 32.9 Å². The van der Waals surface area contributed by atoms with E-state index in [9.17, 15) is 4.79 Å². The maximum absolute atomic E-state index is 11.9. The van der Waals surface area contributed by atoms with Crippen molar-refractivity contribution in [3.05, 3.63) is 35.9 Å². The maximum Gasteiger partial charge on any atom is 0.237 e. The second-order valence-electron chi connectivity index (χ2n) is 5.72. The number of hydrogen-bond donors (Lipinski definition) is 2. The first-order chi connectivity index (χ1) is 8.86. The number of rotatable bonds is 5. The van der Waals surface area contributed by atoms with Crippen LogP contribution in [0.1, 0.15) is 32.4 Å². The Morgan fingerprint density at radius 1 is 1.32 bits per heavy atom. The van der Waals surface area contributed by atoms with Gasteiger partial charge in [-0.2, -0.15) is 0 Å². The van der Waals surface area contributed by atoms with Crippen LogP contribution >= 0.6 is 0 Å². The molecule has 1 amide bonds. The molecule has 0 aliphatic carbocycles. The molecule has 0 aliphatic rings. The molecule has 106 valence electrons. The number of nitrogens with one attached hydrogen (secondary N) is 1. The van der Waals surface area contributed by atoms with Gasteiger partial charge in [0.2, 0.25) is 5.91 Å². The third kappa shape index (κ3) is 4.65. The van der Waals surface area contributed by atoms with Crippen LogP contribution in [0, 0.1) is 5.41 Å². The molecular formula is C15H24N2O2. The predicted molar refractivity (Wildman–Crippen MR) is 76.6 cm³/mol. The van der Waals surface area contributed by atoms with E-state index in [1.54, 1.807) is 7.11 Å². The molecule has 2 atom stereocenters. The van der Waals surface area contributed by atoms with Gasteiger partial charge in [0.15, 0.2) is 0 Å². The molecule has 1 aromatic carbocycles. The van der Waals surface area contributed by atoms with Gasteiger partial charge in [-0.15, -0.1) is 0 Å². The van der Waals surface area contributed by atoms with Gasteiger partial charge in [0.25, 0.3) is 0 Å². The van der Waals surface area contributed by atoms with Crippen LogP contribution in [-0.4, -0.2) is 25.6 Å². The van der Waals surface area contributed by atoms with E-state index in [4.69, 9.17) is 10.5 Å². The van der Waals surface area contributed by atoms with Crippen molar-refractivity contribution in [1.82, 2.24) is 5.32 Å². The van der Waals surface area contributed by atoms with Crippen molar-refractivity contribution in [1.29, 1.82) is 0 Å². The van der Waals surface area contributed by atoms with Crippen molar-refractivity contribution in [2.75, 3.05) is 13.7 Å². The minimum atomic E-state index is -0.527. The van der Waals surface area contributed by atoms with Crippen LogP contribution in [0.2, 0.25) is 0 Å². The number of ether oxygens (including phenoxy) is 1. The maximum atomic E-state index is 11.9. The Labute approximate surface area is 115 Å². The minimum Gasteiger partial charge on any atom is -0.375 e. The van der Waals surface area contributed by atoms with Gasteiger partial charge in [0.05, 0.1) is 12.1 Å². The van der Waals surface area contributed by atoms with Crippen LogP contribution in [0.3, 0.4) is 0 Å². The lowest BCUT2D eigenvalue weighted by Gasteiger charge is -2.26. The second kappa shape index (κ2) is 6.68. The molecule has 0 aliphatic heterocycles. The van der Waals surface area contributed by atoms with E-state index in [0.717, 1.165) is 5.56 Å². The highest BCUT2D eigenvalue weighted by Crippen LogP contribution is 2.18. The van der Waals surface area contributed by atoms with Crippen LogP contribution in [0.5, 0.6) is 0 Å². The summed E-state index contributed by atoms with van der Waals surface area (Å²) in [5.41, 5.74) is 6.69. The predicted octanol–water partition coefficient (Wildman–Crippen LogP) is 1.86. The van der Waals surface area contributed by atoms with Crippen LogP contribution < -0.4 is 11.1 Å². The van der Waals surface area contributed by atoms with E-state index in [0.29, 0.717) is 6.54 Å². The van der Waals surface area contributed by atoms with Gasteiger partial charge in [-0.1, -0.05) is 51.1 Å². The van der Waals surface area contributed by atoms with E-state index in [-0.39, 0.29) is 17.4 Å². The molecule has 1 unspecified atom stereocenters. The Bertz CT molecular complexity index is 398. The summed E-state index contributed by atoms with van der Waals surface area (Å²) < 4.78 is 5.40. The molecule has 4 heteroatoms. The normalized spacial score (nSPS) is 14.8. The fourth-order valence-corrected chi connectivity index (χ4v) is 1.70. The van der Waals surface area contributed by atoms with Crippen molar-refractivity contribution in [3.63, 3.8) is 0 Å². The Balaban J connectivity index is 2.58. The zero-order chi connectivity index (χ0) is 14.5. The highest BCUT2D eigenvalue weighted by molar-refractivity contribution is 5.82.